The summed E-state index contributed by atoms with van der Waals surface area (Å²) in [6.07, 6.45) is 7.43. The average molecular weight is 264 g/mol. The smallest absolute Gasteiger partial charge is 0.0647 e. The maximum atomic E-state index is 4.21. The number of nitrogens with zero attached hydrogens (tertiary/aromatic N) is 3. The summed E-state index contributed by atoms with van der Waals surface area (Å²) in [7, 11) is 0. The van der Waals surface area contributed by atoms with Crippen LogP contribution in [-0.2, 0) is 6.54 Å². The predicted molar refractivity (Wildman–Crippen MR) is 79.9 cm³/mol. The Hall–Kier alpha value is -2.62. The van der Waals surface area contributed by atoms with Crippen molar-refractivity contribution >= 4 is 5.69 Å². The number of benzene rings is 1. The molecule has 0 unspecified atom stereocenters. The monoisotopic (exact) mass is 264 g/mol. The number of nitrogens with one attached hydrogen (secondary N) is 1. The molecule has 2 heterocycles. The van der Waals surface area contributed by atoms with E-state index >= 15 is 0 Å². The van der Waals surface area contributed by atoms with Crippen LogP contribution in [0.3, 0.4) is 0 Å². The zero-order chi connectivity index (χ0) is 13.8. The summed E-state index contributed by atoms with van der Waals surface area (Å²) >= 11 is 0. The summed E-state index contributed by atoms with van der Waals surface area (Å²) in [5.41, 5.74) is 4.60. The molecule has 2 aromatic heterocycles. The normalized spacial score (nSPS) is 10.4. The van der Waals surface area contributed by atoms with Crippen LogP contribution >= 0.6 is 0 Å². The Morgan fingerprint density at radius 2 is 1.95 bits per heavy atom. The van der Waals surface area contributed by atoms with E-state index in [0.717, 1.165) is 17.9 Å². The third-order valence-electron chi connectivity index (χ3n) is 3.27. The van der Waals surface area contributed by atoms with Crippen molar-refractivity contribution in [3.63, 3.8) is 0 Å². The van der Waals surface area contributed by atoms with Gasteiger partial charge in [0, 0.05) is 37.0 Å². The van der Waals surface area contributed by atoms with Gasteiger partial charge >= 0.3 is 0 Å². The molecule has 0 fully saturated rings. The number of aromatic nitrogens is 3. The van der Waals surface area contributed by atoms with Gasteiger partial charge in [0.2, 0.25) is 0 Å². The van der Waals surface area contributed by atoms with Crippen LogP contribution in [0.15, 0.2) is 61.2 Å². The molecule has 4 nitrogen and oxygen atoms in total. The molecular formula is C16H16N4. The predicted octanol–water partition coefficient (Wildman–Crippen LogP) is 3.19. The van der Waals surface area contributed by atoms with Crippen LogP contribution < -0.4 is 5.32 Å². The molecule has 1 aromatic carbocycles. The largest absolute Gasteiger partial charge is 0.381 e. The van der Waals surface area contributed by atoms with Gasteiger partial charge in [0.25, 0.3) is 0 Å². The van der Waals surface area contributed by atoms with Crippen LogP contribution in [0, 0.1) is 6.92 Å². The fourth-order valence-corrected chi connectivity index (χ4v) is 2.03. The molecule has 0 saturated heterocycles. The minimum Gasteiger partial charge on any atom is -0.381 e. The highest BCUT2D eigenvalue weighted by Gasteiger charge is 1.99. The number of aryl methyl sites for hydroxylation is 1. The lowest BCUT2D eigenvalue weighted by atomic mass is 10.1. The Kier molecular flexibility index (Phi) is 3.46. The average Bonchev–Trinajstić information content (AvgIpc) is 3.01. The third kappa shape index (κ3) is 2.69. The maximum absolute atomic E-state index is 4.21. The molecule has 0 aliphatic carbocycles. The number of rotatable bonds is 4. The molecule has 1 N–H and O–H groups in total. The lowest BCUT2D eigenvalue weighted by Crippen LogP contribution is -2.02. The van der Waals surface area contributed by atoms with Crippen molar-refractivity contribution in [1.82, 2.24) is 14.8 Å². The molecule has 0 amide bonds. The second kappa shape index (κ2) is 5.57. The van der Waals surface area contributed by atoms with E-state index in [4.69, 9.17) is 0 Å². The summed E-state index contributed by atoms with van der Waals surface area (Å²) in [6.45, 7) is 2.88. The Balaban J connectivity index is 1.68. The first kappa shape index (κ1) is 12.4. The first-order valence-corrected chi connectivity index (χ1v) is 6.56. The lowest BCUT2D eigenvalue weighted by molar-refractivity contribution is 0.880. The molecule has 0 bridgehead atoms. The van der Waals surface area contributed by atoms with E-state index in [1.807, 2.05) is 47.5 Å². The molecule has 0 atom stereocenters. The van der Waals surface area contributed by atoms with Gasteiger partial charge in [-0.15, -0.1) is 0 Å². The van der Waals surface area contributed by atoms with Crippen LogP contribution in [0.4, 0.5) is 5.69 Å². The summed E-state index contributed by atoms with van der Waals surface area (Å²) in [5.74, 6) is 0. The topological polar surface area (TPSA) is 42.7 Å². The van der Waals surface area contributed by atoms with Crippen molar-refractivity contribution in [3.8, 4) is 5.69 Å². The Bertz CT molecular complexity index is 672. The van der Waals surface area contributed by atoms with Crippen LogP contribution in [0.25, 0.3) is 5.69 Å². The molecule has 3 aromatic rings. The first-order valence-electron chi connectivity index (χ1n) is 6.56. The second-order valence-corrected chi connectivity index (χ2v) is 4.65. The summed E-state index contributed by atoms with van der Waals surface area (Å²) in [6, 6.07) is 12.2. The summed E-state index contributed by atoms with van der Waals surface area (Å²) in [4.78, 5) is 4.15. The highest BCUT2D eigenvalue weighted by atomic mass is 15.3. The number of hydrogen-bond acceptors (Lipinski definition) is 3. The van der Waals surface area contributed by atoms with Crippen molar-refractivity contribution in [3.05, 3.63) is 72.3 Å². The van der Waals surface area contributed by atoms with Gasteiger partial charge in [-0.3, -0.25) is 4.98 Å². The minimum atomic E-state index is 0.779. The molecule has 0 radical (unpaired) electrons. The quantitative estimate of drug-likeness (QED) is 0.787. The zero-order valence-electron chi connectivity index (χ0n) is 11.3. The molecule has 20 heavy (non-hydrogen) atoms. The molecule has 4 heteroatoms. The van der Waals surface area contributed by atoms with Crippen LogP contribution in [0.1, 0.15) is 11.1 Å². The summed E-state index contributed by atoms with van der Waals surface area (Å²) in [5, 5.41) is 7.61. The van der Waals surface area contributed by atoms with Crippen LogP contribution in [0.5, 0.6) is 0 Å². The third-order valence-corrected chi connectivity index (χ3v) is 3.27. The van der Waals surface area contributed by atoms with Gasteiger partial charge < -0.3 is 5.32 Å². The second-order valence-electron chi connectivity index (χ2n) is 4.65. The van der Waals surface area contributed by atoms with E-state index in [1.165, 1.54) is 11.1 Å². The van der Waals surface area contributed by atoms with E-state index < -0.39 is 0 Å². The Labute approximate surface area is 118 Å². The molecular weight excluding hydrogens is 248 g/mol. The van der Waals surface area contributed by atoms with E-state index in [0.29, 0.717) is 0 Å². The Morgan fingerprint density at radius 1 is 1.10 bits per heavy atom. The maximum Gasteiger partial charge on any atom is 0.0647 e. The van der Waals surface area contributed by atoms with Crippen molar-refractivity contribution < 1.29 is 0 Å². The van der Waals surface area contributed by atoms with Crippen LogP contribution in [0.2, 0.25) is 0 Å². The van der Waals surface area contributed by atoms with E-state index in [9.17, 15) is 0 Å². The van der Waals surface area contributed by atoms with Gasteiger partial charge in [0.05, 0.1) is 5.69 Å². The number of hydrogen-bond donors (Lipinski definition) is 1. The first-order chi connectivity index (χ1) is 9.83. The van der Waals surface area contributed by atoms with Crippen molar-refractivity contribution in [2.24, 2.45) is 0 Å². The molecule has 0 spiro atoms. The zero-order valence-corrected chi connectivity index (χ0v) is 11.3. The lowest BCUT2D eigenvalue weighted by Gasteiger charge is -2.09. The standard InChI is InChI=1S/C16H16N4/c1-13-7-9-17-11-14(13)12-18-15-3-5-16(6-4-15)20-10-2-8-19-20/h2-11,18H,12H2,1H3. The van der Waals surface area contributed by atoms with Gasteiger partial charge in [-0.2, -0.15) is 5.10 Å². The highest BCUT2D eigenvalue weighted by molar-refractivity contribution is 5.49. The molecule has 0 aliphatic rings. The number of pyridine rings is 1. The minimum absolute atomic E-state index is 0.779. The van der Waals surface area contributed by atoms with Gasteiger partial charge in [0.15, 0.2) is 0 Å². The molecule has 0 aliphatic heterocycles. The molecule has 3 rings (SSSR count). The van der Waals surface area contributed by atoms with Crippen molar-refractivity contribution in [1.29, 1.82) is 0 Å². The van der Waals surface area contributed by atoms with Gasteiger partial charge in [-0.25, -0.2) is 4.68 Å². The summed E-state index contributed by atoms with van der Waals surface area (Å²) < 4.78 is 1.84. The van der Waals surface area contributed by atoms with E-state index in [-0.39, 0.29) is 0 Å². The van der Waals surface area contributed by atoms with Crippen LogP contribution in [-0.4, -0.2) is 14.8 Å². The Morgan fingerprint density at radius 3 is 2.65 bits per heavy atom. The van der Waals surface area contributed by atoms with E-state index in [1.54, 1.807) is 6.20 Å². The van der Waals surface area contributed by atoms with Crippen molar-refractivity contribution in [2.45, 2.75) is 13.5 Å². The fraction of sp³-hybridized carbons (Fsp3) is 0.125. The fourth-order valence-electron chi connectivity index (χ4n) is 2.03. The SMILES string of the molecule is Cc1ccncc1CNc1ccc(-n2cccn2)cc1. The van der Waals surface area contributed by atoms with Gasteiger partial charge in [0.1, 0.15) is 0 Å². The molecule has 0 saturated carbocycles. The van der Waals surface area contributed by atoms with Gasteiger partial charge in [-0.05, 0) is 54.4 Å². The highest BCUT2D eigenvalue weighted by Crippen LogP contribution is 2.14. The van der Waals surface area contributed by atoms with Gasteiger partial charge in [-0.1, -0.05) is 0 Å². The number of anilines is 1. The molecule has 100 valence electrons. The van der Waals surface area contributed by atoms with Crippen molar-refractivity contribution in [2.75, 3.05) is 5.32 Å². The van der Waals surface area contributed by atoms with E-state index in [2.05, 4.69) is 34.5 Å².